The number of carboxylic acids is 1. The van der Waals surface area contributed by atoms with Crippen LogP contribution in [-0.2, 0) is 4.79 Å². The normalized spacial score (nSPS) is 10.6. The molecule has 0 saturated carbocycles. The number of fused-ring (bicyclic) bond motifs is 1. The minimum Gasteiger partial charge on any atom is -0.481 e. The van der Waals surface area contributed by atoms with Crippen molar-refractivity contribution in [2.24, 2.45) is 0 Å². The average Bonchev–Trinajstić information content (AvgIpc) is 2.61. The largest absolute Gasteiger partial charge is 0.481 e. The molecule has 2 aromatic rings. The van der Waals surface area contributed by atoms with Gasteiger partial charge in [0.05, 0.1) is 11.1 Å². The van der Waals surface area contributed by atoms with E-state index in [0.29, 0.717) is 10.6 Å². The number of aliphatic carboxylic acids is 1. The molecule has 1 heterocycles. The number of hydrogen-bond acceptors (Lipinski definition) is 4. The summed E-state index contributed by atoms with van der Waals surface area (Å²) < 4.78 is 14.0. The summed E-state index contributed by atoms with van der Waals surface area (Å²) >= 11 is 1.31. The summed E-state index contributed by atoms with van der Waals surface area (Å²) in [7, 11) is 0. The predicted molar refractivity (Wildman–Crippen MR) is 60.3 cm³/mol. The summed E-state index contributed by atoms with van der Waals surface area (Å²) in [6.07, 6.45) is 0.0123. The van der Waals surface area contributed by atoms with Crippen LogP contribution in [0.5, 0.6) is 0 Å². The highest BCUT2D eigenvalue weighted by atomic mass is 32.1. The molecule has 0 aliphatic carbocycles. The monoisotopic (exact) mass is 240 g/mol. The summed E-state index contributed by atoms with van der Waals surface area (Å²) in [5, 5.41) is 11.9. The van der Waals surface area contributed by atoms with Gasteiger partial charge in [0.15, 0.2) is 5.13 Å². The number of nitrogens with one attached hydrogen (secondary N) is 1. The molecule has 84 valence electrons. The van der Waals surface area contributed by atoms with Gasteiger partial charge in [0.1, 0.15) is 11.3 Å². The molecular weight excluding hydrogens is 231 g/mol. The first-order valence-electron chi connectivity index (χ1n) is 4.67. The van der Waals surface area contributed by atoms with E-state index in [9.17, 15) is 9.18 Å². The van der Waals surface area contributed by atoms with Gasteiger partial charge in [-0.1, -0.05) is 17.4 Å². The van der Waals surface area contributed by atoms with Gasteiger partial charge in [-0.2, -0.15) is 0 Å². The van der Waals surface area contributed by atoms with Crippen LogP contribution in [0.2, 0.25) is 0 Å². The molecule has 2 rings (SSSR count). The van der Waals surface area contributed by atoms with Gasteiger partial charge in [0, 0.05) is 6.54 Å². The van der Waals surface area contributed by atoms with Gasteiger partial charge in [-0.3, -0.25) is 4.79 Å². The van der Waals surface area contributed by atoms with Crippen LogP contribution in [0.15, 0.2) is 18.2 Å². The molecule has 1 aromatic carbocycles. The number of nitrogens with zero attached hydrogens (tertiary/aromatic N) is 1. The molecule has 16 heavy (non-hydrogen) atoms. The van der Waals surface area contributed by atoms with Crippen molar-refractivity contribution in [3.63, 3.8) is 0 Å². The zero-order chi connectivity index (χ0) is 11.5. The highest BCUT2D eigenvalue weighted by Crippen LogP contribution is 2.27. The molecule has 0 saturated heterocycles. The van der Waals surface area contributed by atoms with Crippen molar-refractivity contribution in [3.8, 4) is 0 Å². The molecule has 0 spiro atoms. The fraction of sp³-hybridized carbons (Fsp3) is 0.200. The average molecular weight is 240 g/mol. The molecule has 0 aliphatic rings. The van der Waals surface area contributed by atoms with Crippen LogP contribution >= 0.6 is 11.3 Å². The third-order valence-corrected chi connectivity index (χ3v) is 2.96. The predicted octanol–water partition coefficient (Wildman–Crippen LogP) is 2.32. The molecule has 0 radical (unpaired) electrons. The number of para-hydroxylation sites is 1. The zero-order valence-electron chi connectivity index (χ0n) is 8.24. The van der Waals surface area contributed by atoms with Crippen LogP contribution in [0.25, 0.3) is 10.2 Å². The van der Waals surface area contributed by atoms with Crippen molar-refractivity contribution < 1.29 is 14.3 Å². The Morgan fingerprint density at radius 1 is 1.56 bits per heavy atom. The highest BCUT2D eigenvalue weighted by Gasteiger charge is 2.07. The van der Waals surface area contributed by atoms with E-state index in [-0.39, 0.29) is 18.8 Å². The number of aromatic nitrogens is 1. The summed E-state index contributed by atoms with van der Waals surface area (Å²) in [5.74, 6) is -1.24. The standard InChI is InChI=1S/C10H9FN2O2S/c11-6-2-1-3-7-9(6)13-10(16-7)12-5-4-8(14)15/h1-3H,4-5H2,(H,12,13)(H,14,15). The van der Waals surface area contributed by atoms with E-state index in [1.54, 1.807) is 12.1 Å². The Bertz CT molecular complexity index is 527. The van der Waals surface area contributed by atoms with Crippen LogP contribution in [0.4, 0.5) is 9.52 Å². The maximum absolute atomic E-state index is 13.3. The van der Waals surface area contributed by atoms with Crippen molar-refractivity contribution in [1.82, 2.24) is 4.98 Å². The highest BCUT2D eigenvalue weighted by molar-refractivity contribution is 7.22. The second kappa shape index (κ2) is 4.44. The number of rotatable bonds is 4. The quantitative estimate of drug-likeness (QED) is 0.861. The van der Waals surface area contributed by atoms with E-state index in [2.05, 4.69) is 10.3 Å². The Labute approximate surface area is 94.7 Å². The number of halogens is 1. The minimum atomic E-state index is -0.875. The topological polar surface area (TPSA) is 62.2 Å². The first-order chi connectivity index (χ1) is 7.66. The molecule has 2 N–H and O–H groups in total. The molecular formula is C10H9FN2O2S. The number of benzene rings is 1. The SMILES string of the molecule is O=C(O)CCNc1nc2c(F)cccc2s1. The lowest BCUT2D eigenvalue weighted by Crippen LogP contribution is -2.06. The van der Waals surface area contributed by atoms with E-state index in [1.165, 1.54) is 17.4 Å². The Morgan fingerprint density at radius 2 is 2.38 bits per heavy atom. The molecule has 0 amide bonds. The van der Waals surface area contributed by atoms with Gasteiger partial charge < -0.3 is 10.4 Å². The fourth-order valence-corrected chi connectivity index (χ4v) is 2.17. The van der Waals surface area contributed by atoms with Crippen LogP contribution in [-0.4, -0.2) is 22.6 Å². The van der Waals surface area contributed by atoms with Gasteiger partial charge in [-0.15, -0.1) is 0 Å². The Balaban J connectivity index is 2.14. The maximum atomic E-state index is 13.3. The lowest BCUT2D eigenvalue weighted by atomic mass is 10.3. The Kier molecular flexibility index (Phi) is 3.00. The van der Waals surface area contributed by atoms with E-state index in [1.807, 2.05) is 0 Å². The number of carbonyl (C=O) groups is 1. The van der Waals surface area contributed by atoms with E-state index in [4.69, 9.17) is 5.11 Å². The summed E-state index contributed by atoms with van der Waals surface area (Å²) in [4.78, 5) is 14.3. The van der Waals surface area contributed by atoms with Crippen LogP contribution in [0.3, 0.4) is 0 Å². The van der Waals surface area contributed by atoms with Crippen LogP contribution in [0, 0.1) is 5.82 Å². The molecule has 0 fully saturated rings. The van der Waals surface area contributed by atoms with Gasteiger partial charge in [-0.25, -0.2) is 9.37 Å². The van der Waals surface area contributed by atoms with Crippen molar-refractivity contribution in [3.05, 3.63) is 24.0 Å². The first-order valence-corrected chi connectivity index (χ1v) is 5.49. The molecule has 4 nitrogen and oxygen atoms in total. The second-order valence-corrected chi connectivity index (χ2v) is 4.21. The summed E-state index contributed by atoms with van der Waals surface area (Å²) in [6, 6.07) is 4.75. The number of carboxylic acid groups (broad SMARTS) is 1. The van der Waals surface area contributed by atoms with Gasteiger partial charge in [-0.05, 0) is 12.1 Å². The third-order valence-electron chi connectivity index (χ3n) is 1.98. The molecule has 0 unspecified atom stereocenters. The molecule has 6 heteroatoms. The maximum Gasteiger partial charge on any atom is 0.305 e. The van der Waals surface area contributed by atoms with Gasteiger partial charge in [0.25, 0.3) is 0 Å². The molecule has 0 aliphatic heterocycles. The Hall–Kier alpha value is -1.69. The zero-order valence-corrected chi connectivity index (χ0v) is 9.05. The molecule has 0 bridgehead atoms. The van der Waals surface area contributed by atoms with Crippen molar-refractivity contribution in [1.29, 1.82) is 0 Å². The van der Waals surface area contributed by atoms with Crippen LogP contribution < -0.4 is 5.32 Å². The lowest BCUT2D eigenvalue weighted by Gasteiger charge is -1.97. The van der Waals surface area contributed by atoms with E-state index >= 15 is 0 Å². The van der Waals surface area contributed by atoms with Crippen molar-refractivity contribution in [2.75, 3.05) is 11.9 Å². The number of anilines is 1. The van der Waals surface area contributed by atoms with E-state index < -0.39 is 5.97 Å². The van der Waals surface area contributed by atoms with Crippen LogP contribution in [0.1, 0.15) is 6.42 Å². The van der Waals surface area contributed by atoms with Gasteiger partial charge in [0.2, 0.25) is 0 Å². The first kappa shape index (κ1) is 10.8. The third kappa shape index (κ3) is 2.27. The smallest absolute Gasteiger partial charge is 0.305 e. The Morgan fingerprint density at radius 3 is 3.06 bits per heavy atom. The summed E-state index contributed by atoms with van der Waals surface area (Å²) in [5.41, 5.74) is 0.324. The van der Waals surface area contributed by atoms with Gasteiger partial charge >= 0.3 is 5.97 Å². The summed E-state index contributed by atoms with van der Waals surface area (Å²) in [6.45, 7) is 0.288. The second-order valence-electron chi connectivity index (χ2n) is 3.18. The van der Waals surface area contributed by atoms with Crippen molar-refractivity contribution in [2.45, 2.75) is 6.42 Å². The lowest BCUT2D eigenvalue weighted by molar-refractivity contribution is -0.136. The fourth-order valence-electron chi connectivity index (χ4n) is 1.27. The molecule has 1 aromatic heterocycles. The van der Waals surface area contributed by atoms with E-state index in [0.717, 1.165) is 4.70 Å². The number of thiazole rings is 1. The molecule has 0 atom stereocenters. The van der Waals surface area contributed by atoms with Crippen molar-refractivity contribution >= 4 is 32.7 Å². The minimum absolute atomic E-state index is 0.0123. The number of hydrogen-bond donors (Lipinski definition) is 2.